The molecular formula is C16H29NO3S. The minimum atomic E-state index is -3.07. The number of hydrogen-bond acceptors (Lipinski definition) is 3. The molecule has 122 valence electrons. The lowest BCUT2D eigenvalue weighted by atomic mass is 9.82. The van der Waals surface area contributed by atoms with E-state index >= 15 is 0 Å². The van der Waals surface area contributed by atoms with Crippen molar-refractivity contribution in [2.24, 2.45) is 23.7 Å². The third-order valence-electron chi connectivity index (χ3n) is 6.02. The van der Waals surface area contributed by atoms with Crippen molar-refractivity contribution in [1.29, 1.82) is 0 Å². The molecule has 3 rings (SSSR count). The molecule has 3 fully saturated rings. The fourth-order valence-corrected chi connectivity index (χ4v) is 5.96. The molecule has 0 aromatic rings. The van der Waals surface area contributed by atoms with Crippen molar-refractivity contribution in [3.05, 3.63) is 0 Å². The summed E-state index contributed by atoms with van der Waals surface area (Å²) in [5.74, 6) is 2.86. The second-order valence-corrected chi connectivity index (χ2v) is 9.67. The molecule has 2 bridgehead atoms. The molecule has 0 aromatic carbocycles. The number of sulfonamides is 1. The van der Waals surface area contributed by atoms with Crippen LogP contribution in [0.1, 0.15) is 51.4 Å². The zero-order chi connectivity index (χ0) is 15.0. The molecule has 5 atom stereocenters. The van der Waals surface area contributed by atoms with Gasteiger partial charge in [0.1, 0.15) is 0 Å². The van der Waals surface area contributed by atoms with Gasteiger partial charge in [-0.15, -0.1) is 0 Å². The topological polar surface area (TPSA) is 57.6 Å². The lowest BCUT2D eigenvalue weighted by Gasteiger charge is -2.33. The molecule has 5 unspecified atom stereocenters. The Hall–Kier alpha value is -0.130. The Kier molecular flexibility index (Phi) is 4.63. The summed E-state index contributed by atoms with van der Waals surface area (Å²) in [7, 11) is -3.07. The largest absolute Gasteiger partial charge is 0.393 e. The minimum Gasteiger partial charge on any atom is -0.393 e. The Morgan fingerprint density at radius 3 is 2.62 bits per heavy atom. The van der Waals surface area contributed by atoms with E-state index in [1.165, 1.54) is 31.9 Å². The number of piperidine rings is 1. The highest BCUT2D eigenvalue weighted by Crippen LogP contribution is 2.50. The van der Waals surface area contributed by atoms with Crippen LogP contribution in [-0.2, 0) is 10.0 Å². The Labute approximate surface area is 129 Å². The number of fused-ring (bicyclic) bond motifs is 2. The molecule has 0 radical (unpaired) electrons. The fraction of sp³-hybridized carbons (Fsp3) is 1.00. The maximum absolute atomic E-state index is 11.6. The summed E-state index contributed by atoms with van der Waals surface area (Å²) in [6.45, 7) is 1.25. The molecule has 1 aliphatic heterocycles. The first-order chi connectivity index (χ1) is 9.91. The molecule has 1 heterocycles. The van der Waals surface area contributed by atoms with Gasteiger partial charge in [0, 0.05) is 13.1 Å². The standard InChI is InChI=1S/C16H29NO3S/c1-21(19,20)17-6-2-3-13(11-17)9-16(18)10-15-8-12-4-5-14(15)7-12/h12-16,18H,2-11H2,1H3. The van der Waals surface area contributed by atoms with Gasteiger partial charge >= 0.3 is 0 Å². The third-order valence-corrected chi connectivity index (χ3v) is 7.29. The van der Waals surface area contributed by atoms with Crippen LogP contribution in [0.4, 0.5) is 0 Å². The van der Waals surface area contributed by atoms with E-state index < -0.39 is 10.0 Å². The van der Waals surface area contributed by atoms with Gasteiger partial charge in [0.05, 0.1) is 12.4 Å². The molecule has 3 aliphatic rings. The maximum atomic E-state index is 11.6. The van der Waals surface area contributed by atoms with Crippen LogP contribution >= 0.6 is 0 Å². The highest BCUT2D eigenvalue weighted by molar-refractivity contribution is 7.88. The first kappa shape index (κ1) is 15.8. The first-order valence-corrected chi connectivity index (χ1v) is 10.4. The van der Waals surface area contributed by atoms with E-state index in [1.54, 1.807) is 4.31 Å². The Morgan fingerprint density at radius 2 is 2.00 bits per heavy atom. The maximum Gasteiger partial charge on any atom is 0.211 e. The quantitative estimate of drug-likeness (QED) is 0.846. The van der Waals surface area contributed by atoms with Gasteiger partial charge in [-0.3, -0.25) is 0 Å². The van der Waals surface area contributed by atoms with Crippen molar-refractivity contribution in [2.45, 2.75) is 57.5 Å². The van der Waals surface area contributed by atoms with Crippen LogP contribution in [-0.4, -0.2) is 43.3 Å². The van der Waals surface area contributed by atoms with E-state index in [4.69, 9.17) is 0 Å². The van der Waals surface area contributed by atoms with Crippen LogP contribution in [0.15, 0.2) is 0 Å². The van der Waals surface area contributed by atoms with Crippen molar-refractivity contribution in [3.63, 3.8) is 0 Å². The summed E-state index contributed by atoms with van der Waals surface area (Å²) in [5, 5.41) is 10.4. The molecule has 21 heavy (non-hydrogen) atoms. The zero-order valence-electron chi connectivity index (χ0n) is 13.1. The van der Waals surface area contributed by atoms with Crippen LogP contribution in [0.5, 0.6) is 0 Å². The lowest BCUT2D eigenvalue weighted by molar-refractivity contribution is 0.0874. The Bertz CT molecular complexity index is 464. The summed E-state index contributed by atoms with van der Waals surface area (Å²) in [6.07, 6.45) is 10.2. The monoisotopic (exact) mass is 315 g/mol. The summed E-state index contributed by atoms with van der Waals surface area (Å²) in [5.41, 5.74) is 0. The molecule has 1 saturated heterocycles. The van der Waals surface area contributed by atoms with Crippen LogP contribution in [0, 0.1) is 23.7 Å². The zero-order valence-corrected chi connectivity index (χ0v) is 13.9. The SMILES string of the molecule is CS(=O)(=O)N1CCCC(CC(O)CC2CC3CCC2C3)C1. The molecule has 0 amide bonds. The average molecular weight is 315 g/mol. The predicted octanol–water partition coefficient (Wildman–Crippen LogP) is 2.24. The molecule has 0 aromatic heterocycles. The van der Waals surface area contributed by atoms with E-state index in [2.05, 4.69) is 0 Å². The summed E-state index contributed by atoms with van der Waals surface area (Å²) >= 11 is 0. The van der Waals surface area contributed by atoms with Crippen LogP contribution in [0.25, 0.3) is 0 Å². The van der Waals surface area contributed by atoms with Crippen LogP contribution in [0.3, 0.4) is 0 Å². The van der Waals surface area contributed by atoms with Gasteiger partial charge in [-0.25, -0.2) is 12.7 Å². The van der Waals surface area contributed by atoms with E-state index in [0.29, 0.717) is 19.0 Å². The summed E-state index contributed by atoms with van der Waals surface area (Å²) < 4.78 is 24.9. The van der Waals surface area contributed by atoms with Gasteiger partial charge in [0.25, 0.3) is 0 Å². The molecule has 5 heteroatoms. The lowest BCUT2D eigenvalue weighted by Crippen LogP contribution is -2.40. The van der Waals surface area contributed by atoms with Crippen molar-refractivity contribution in [3.8, 4) is 0 Å². The van der Waals surface area contributed by atoms with E-state index in [9.17, 15) is 13.5 Å². The van der Waals surface area contributed by atoms with Gasteiger partial charge in [-0.1, -0.05) is 6.42 Å². The Balaban J connectivity index is 1.47. The van der Waals surface area contributed by atoms with E-state index in [1.807, 2.05) is 0 Å². The number of aliphatic hydroxyl groups is 1. The average Bonchev–Trinajstić information content (AvgIpc) is 3.00. The highest BCUT2D eigenvalue weighted by Gasteiger charge is 2.40. The second kappa shape index (κ2) is 6.17. The van der Waals surface area contributed by atoms with Gasteiger partial charge in [0.15, 0.2) is 0 Å². The Morgan fingerprint density at radius 1 is 1.19 bits per heavy atom. The predicted molar refractivity (Wildman–Crippen MR) is 83.3 cm³/mol. The first-order valence-electron chi connectivity index (χ1n) is 8.55. The fourth-order valence-electron chi connectivity index (χ4n) is 5.02. The third kappa shape index (κ3) is 3.80. The van der Waals surface area contributed by atoms with E-state index in [0.717, 1.165) is 43.4 Å². The normalized spacial score (nSPS) is 38.8. The number of rotatable bonds is 5. The van der Waals surface area contributed by atoms with Gasteiger partial charge in [0.2, 0.25) is 10.0 Å². The van der Waals surface area contributed by atoms with Gasteiger partial charge < -0.3 is 5.11 Å². The highest BCUT2D eigenvalue weighted by atomic mass is 32.2. The molecule has 4 nitrogen and oxygen atoms in total. The number of hydrogen-bond donors (Lipinski definition) is 1. The molecular weight excluding hydrogens is 286 g/mol. The number of aliphatic hydroxyl groups excluding tert-OH is 1. The van der Waals surface area contributed by atoms with Crippen LogP contribution in [0.2, 0.25) is 0 Å². The minimum absolute atomic E-state index is 0.237. The second-order valence-electron chi connectivity index (χ2n) is 7.69. The van der Waals surface area contributed by atoms with Crippen LogP contribution < -0.4 is 0 Å². The molecule has 2 aliphatic carbocycles. The smallest absolute Gasteiger partial charge is 0.211 e. The van der Waals surface area contributed by atoms with Crippen molar-refractivity contribution >= 4 is 10.0 Å². The van der Waals surface area contributed by atoms with Crippen molar-refractivity contribution in [1.82, 2.24) is 4.31 Å². The van der Waals surface area contributed by atoms with Crippen molar-refractivity contribution < 1.29 is 13.5 Å². The van der Waals surface area contributed by atoms with Gasteiger partial charge in [-0.2, -0.15) is 0 Å². The summed E-state index contributed by atoms with van der Waals surface area (Å²) in [4.78, 5) is 0. The molecule has 1 N–H and O–H groups in total. The number of nitrogens with zero attached hydrogens (tertiary/aromatic N) is 1. The van der Waals surface area contributed by atoms with Gasteiger partial charge in [-0.05, 0) is 68.6 Å². The molecule has 0 spiro atoms. The van der Waals surface area contributed by atoms with Crippen molar-refractivity contribution in [2.75, 3.05) is 19.3 Å². The summed E-state index contributed by atoms with van der Waals surface area (Å²) in [6, 6.07) is 0. The molecule has 2 saturated carbocycles. The van der Waals surface area contributed by atoms with E-state index in [-0.39, 0.29) is 6.10 Å².